The highest BCUT2D eigenvalue weighted by atomic mass is 19.1. The van der Waals surface area contributed by atoms with Gasteiger partial charge in [0.2, 0.25) is 5.91 Å². The van der Waals surface area contributed by atoms with Gasteiger partial charge in [0.1, 0.15) is 11.4 Å². The van der Waals surface area contributed by atoms with E-state index < -0.39 is 35.4 Å². The maximum Gasteiger partial charge on any atom is 0.417 e. The van der Waals surface area contributed by atoms with Crippen molar-refractivity contribution in [1.29, 1.82) is 0 Å². The summed E-state index contributed by atoms with van der Waals surface area (Å²) in [5.41, 5.74) is -0.0626. The molecule has 1 heterocycles. The molecule has 7 heteroatoms. The minimum Gasteiger partial charge on any atom is -0.469 e. The van der Waals surface area contributed by atoms with Crippen LogP contribution >= 0.6 is 0 Å². The van der Waals surface area contributed by atoms with Gasteiger partial charge in [-0.2, -0.15) is 0 Å². The number of nitrogens with zero attached hydrogens (tertiary/aromatic N) is 1. The summed E-state index contributed by atoms with van der Waals surface area (Å²) in [6.45, 7) is 4.99. The molecule has 0 radical (unpaired) electrons. The van der Waals surface area contributed by atoms with Gasteiger partial charge in [0.05, 0.1) is 18.9 Å². The van der Waals surface area contributed by atoms with Gasteiger partial charge in [-0.05, 0) is 44.9 Å². The molecule has 0 aromatic heterocycles. The van der Waals surface area contributed by atoms with E-state index in [0.717, 1.165) is 4.90 Å². The van der Waals surface area contributed by atoms with E-state index in [1.807, 2.05) is 0 Å². The van der Waals surface area contributed by atoms with Gasteiger partial charge in [0.15, 0.2) is 0 Å². The van der Waals surface area contributed by atoms with Crippen LogP contribution in [0.3, 0.4) is 0 Å². The Kier molecular flexibility index (Phi) is 5.45. The second kappa shape index (κ2) is 7.21. The predicted molar refractivity (Wildman–Crippen MR) is 87.0 cm³/mol. The molecule has 0 N–H and O–H groups in total. The summed E-state index contributed by atoms with van der Waals surface area (Å²) in [4.78, 5) is 37.9. The fourth-order valence-corrected chi connectivity index (χ4v) is 2.76. The van der Waals surface area contributed by atoms with Crippen LogP contribution in [0.25, 0.3) is 0 Å². The van der Waals surface area contributed by atoms with E-state index in [0.29, 0.717) is 5.56 Å². The summed E-state index contributed by atoms with van der Waals surface area (Å²) in [5, 5.41) is 0. The molecule has 1 fully saturated rings. The number of likely N-dealkylation sites (tertiary alicyclic amines) is 1. The molecule has 0 saturated carbocycles. The lowest BCUT2D eigenvalue weighted by molar-refractivity contribution is -0.147. The lowest BCUT2D eigenvalue weighted by Gasteiger charge is -2.23. The van der Waals surface area contributed by atoms with E-state index in [4.69, 9.17) is 9.47 Å². The van der Waals surface area contributed by atoms with Gasteiger partial charge >= 0.3 is 12.1 Å². The topological polar surface area (TPSA) is 72.9 Å². The van der Waals surface area contributed by atoms with E-state index in [-0.39, 0.29) is 18.8 Å². The number of rotatable bonds is 3. The number of ether oxygens (including phenoxy) is 2. The monoisotopic (exact) mass is 351 g/mol. The van der Waals surface area contributed by atoms with Crippen LogP contribution in [0.15, 0.2) is 24.3 Å². The zero-order valence-electron chi connectivity index (χ0n) is 14.7. The van der Waals surface area contributed by atoms with Crippen molar-refractivity contribution >= 4 is 18.0 Å². The van der Waals surface area contributed by atoms with Gasteiger partial charge in [-0.3, -0.25) is 9.59 Å². The van der Waals surface area contributed by atoms with Crippen LogP contribution in [0.2, 0.25) is 0 Å². The number of halogens is 1. The van der Waals surface area contributed by atoms with Crippen molar-refractivity contribution in [3.63, 3.8) is 0 Å². The molecule has 0 aliphatic carbocycles. The van der Waals surface area contributed by atoms with Crippen molar-refractivity contribution in [2.75, 3.05) is 13.7 Å². The fraction of sp³-hybridized carbons (Fsp3) is 0.500. The third-order valence-electron chi connectivity index (χ3n) is 3.93. The molecule has 1 aromatic carbocycles. The van der Waals surface area contributed by atoms with E-state index in [1.54, 1.807) is 32.9 Å². The Labute approximate surface area is 145 Å². The summed E-state index contributed by atoms with van der Waals surface area (Å²) in [6, 6.07) is 5.67. The second-order valence-electron chi connectivity index (χ2n) is 7.00. The summed E-state index contributed by atoms with van der Waals surface area (Å²) in [6.07, 6.45) is -0.578. The molecule has 0 spiro atoms. The maximum absolute atomic E-state index is 13.1. The van der Waals surface area contributed by atoms with E-state index in [1.165, 1.54) is 19.2 Å². The van der Waals surface area contributed by atoms with Gasteiger partial charge in [0, 0.05) is 6.54 Å². The Hall–Kier alpha value is -2.44. The number of esters is 1. The summed E-state index contributed by atoms with van der Waals surface area (Å²) >= 11 is 0. The van der Waals surface area contributed by atoms with E-state index >= 15 is 0 Å². The standard InChI is InChI=1S/C18H22FNO5/c1-18(2,3)25-17(23)20-10-14(16(22)24-4)13(15(20)21)9-11-5-7-12(19)8-6-11/h5-8,13-14H,9-10H2,1-4H3/t13-,14+/m1/s1. The number of imide groups is 1. The number of carbonyl (C=O) groups is 3. The van der Waals surface area contributed by atoms with Crippen molar-refractivity contribution < 1.29 is 28.2 Å². The van der Waals surface area contributed by atoms with Gasteiger partial charge < -0.3 is 9.47 Å². The predicted octanol–water partition coefficient (Wildman–Crippen LogP) is 2.55. The Morgan fingerprint density at radius 3 is 2.36 bits per heavy atom. The van der Waals surface area contributed by atoms with Gasteiger partial charge in [-0.15, -0.1) is 0 Å². The van der Waals surface area contributed by atoms with E-state index in [9.17, 15) is 18.8 Å². The molecule has 0 bridgehead atoms. The van der Waals surface area contributed by atoms with Gasteiger partial charge in [-0.25, -0.2) is 14.1 Å². The highest BCUT2D eigenvalue weighted by Gasteiger charge is 2.48. The minimum atomic E-state index is -0.784. The lowest BCUT2D eigenvalue weighted by Crippen LogP contribution is -2.38. The smallest absolute Gasteiger partial charge is 0.417 e. The average molecular weight is 351 g/mol. The fourth-order valence-electron chi connectivity index (χ4n) is 2.76. The minimum absolute atomic E-state index is 0.0910. The van der Waals surface area contributed by atoms with Crippen molar-refractivity contribution in [2.45, 2.75) is 32.8 Å². The van der Waals surface area contributed by atoms with Crippen molar-refractivity contribution in [2.24, 2.45) is 11.8 Å². The molecule has 1 aromatic rings. The largest absolute Gasteiger partial charge is 0.469 e. The summed E-state index contributed by atoms with van der Waals surface area (Å²) < 4.78 is 23.1. The molecule has 25 heavy (non-hydrogen) atoms. The third-order valence-corrected chi connectivity index (χ3v) is 3.93. The normalized spacial score (nSPS) is 20.5. The van der Waals surface area contributed by atoms with E-state index in [2.05, 4.69) is 0 Å². The molecular formula is C18H22FNO5. The highest BCUT2D eigenvalue weighted by Crippen LogP contribution is 2.30. The van der Waals surface area contributed by atoms with Gasteiger partial charge in [-0.1, -0.05) is 12.1 Å². The van der Waals surface area contributed by atoms with Gasteiger partial charge in [0.25, 0.3) is 0 Å². The molecule has 1 aliphatic heterocycles. The molecule has 1 aliphatic rings. The Bertz CT molecular complexity index is 665. The molecule has 2 atom stereocenters. The number of carbonyl (C=O) groups excluding carboxylic acids is 3. The molecule has 1 saturated heterocycles. The maximum atomic E-state index is 13.1. The van der Waals surface area contributed by atoms with Crippen LogP contribution in [0.1, 0.15) is 26.3 Å². The van der Waals surface area contributed by atoms with Crippen LogP contribution in [0.5, 0.6) is 0 Å². The number of methoxy groups -OCH3 is 1. The Morgan fingerprint density at radius 1 is 1.24 bits per heavy atom. The molecule has 0 unspecified atom stereocenters. The van der Waals surface area contributed by atoms with Crippen molar-refractivity contribution in [3.05, 3.63) is 35.6 Å². The number of benzene rings is 1. The third kappa shape index (κ3) is 4.55. The zero-order valence-corrected chi connectivity index (χ0v) is 14.7. The number of amides is 2. The van der Waals surface area contributed by atoms with Crippen LogP contribution in [-0.4, -0.2) is 42.1 Å². The summed E-state index contributed by atoms with van der Waals surface area (Å²) in [5.74, 6) is -2.98. The molecular weight excluding hydrogens is 329 g/mol. The van der Waals surface area contributed by atoms with Crippen molar-refractivity contribution in [1.82, 2.24) is 4.90 Å². The molecule has 6 nitrogen and oxygen atoms in total. The Balaban J connectivity index is 2.22. The van der Waals surface area contributed by atoms with Crippen LogP contribution < -0.4 is 0 Å². The first kappa shape index (κ1) is 18.9. The first-order valence-corrected chi connectivity index (χ1v) is 7.99. The lowest BCUT2D eigenvalue weighted by atomic mass is 9.89. The van der Waals surface area contributed by atoms with Crippen LogP contribution in [0.4, 0.5) is 9.18 Å². The highest BCUT2D eigenvalue weighted by molar-refractivity contribution is 5.98. The first-order chi connectivity index (χ1) is 11.6. The molecule has 2 amide bonds. The average Bonchev–Trinajstić information content (AvgIpc) is 2.84. The number of hydrogen-bond donors (Lipinski definition) is 0. The first-order valence-electron chi connectivity index (χ1n) is 7.99. The van der Waals surface area contributed by atoms with Crippen molar-refractivity contribution in [3.8, 4) is 0 Å². The molecule has 136 valence electrons. The molecule has 2 rings (SSSR count). The van der Waals surface area contributed by atoms with Crippen LogP contribution in [0, 0.1) is 17.7 Å². The second-order valence-corrected chi connectivity index (χ2v) is 7.00. The zero-order chi connectivity index (χ0) is 18.8. The number of hydrogen-bond acceptors (Lipinski definition) is 5. The summed E-state index contributed by atoms with van der Waals surface area (Å²) in [7, 11) is 1.23. The Morgan fingerprint density at radius 2 is 1.84 bits per heavy atom. The quantitative estimate of drug-likeness (QED) is 0.783. The SMILES string of the molecule is COC(=O)[C@H]1CN(C(=O)OC(C)(C)C)C(=O)[C@@H]1Cc1ccc(F)cc1. The van der Waals surface area contributed by atoms with Crippen LogP contribution in [-0.2, 0) is 25.5 Å².